The van der Waals surface area contributed by atoms with Crippen LogP contribution in [0.1, 0.15) is 18.1 Å². The fourth-order valence-electron chi connectivity index (χ4n) is 3.20. The van der Waals surface area contributed by atoms with Gasteiger partial charge in [0, 0.05) is 24.0 Å². The van der Waals surface area contributed by atoms with E-state index in [1.54, 1.807) is 48.1 Å². The number of fused-ring (bicyclic) bond motifs is 1. The van der Waals surface area contributed by atoms with Gasteiger partial charge in [-0.05, 0) is 48.4 Å². The number of carbonyl (C=O) groups excluding carboxylic acids is 1. The Hall–Kier alpha value is -3.16. The van der Waals surface area contributed by atoms with Crippen LogP contribution in [0.4, 0.5) is 0 Å². The highest BCUT2D eigenvalue weighted by atomic mass is 35.5. The van der Waals surface area contributed by atoms with Crippen LogP contribution in [-0.2, 0) is 17.9 Å². The third-order valence-electron chi connectivity index (χ3n) is 4.92. The molecule has 0 bridgehead atoms. The molecule has 2 aromatic carbocycles. The Morgan fingerprint density at radius 1 is 1.09 bits per heavy atom. The number of aromatic nitrogens is 3. The highest BCUT2D eigenvalue weighted by Gasteiger charge is 2.19. The molecule has 0 aliphatic carbocycles. The number of rotatable bonds is 7. The number of para-hydroxylation sites is 1. The second kappa shape index (κ2) is 9.97. The lowest BCUT2D eigenvalue weighted by atomic mass is 10.2. The molecule has 32 heavy (non-hydrogen) atoms. The molecule has 0 aliphatic rings. The van der Waals surface area contributed by atoms with Gasteiger partial charge in [0.25, 0.3) is 5.56 Å². The predicted octanol–water partition coefficient (Wildman–Crippen LogP) is 4.29. The number of amides is 1. The normalized spacial score (nSPS) is 11.9. The number of carbonyl (C=O) groups is 1. The molecule has 2 heterocycles. The summed E-state index contributed by atoms with van der Waals surface area (Å²) in [5.74, 6) is -0.139. The minimum atomic E-state index is -0.449. The monoisotopic (exact) mass is 464 g/mol. The van der Waals surface area contributed by atoms with Crippen LogP contribution < -0.4 is 10.9 Å². The topological polar surface area (TPSA) is 76.9 Å². The summed E-state index contributed by atoms with van der Waals surface area (Å²) in [6, 6.07) is 18.3. The minimum Gasteiger partial charge on any atom is -0.351 e. The van der Waals surface area contributed by atoms with Crippen molar-refractivity contribution >= 4 is 40.2 Å². The Balaban J connectivity index is 1.57. The van der Waals surface area contributed by atoms with Gasteiger partial charge in [0.1, 0.15) is 0 Å². The van der Waals surface area contributed by atoms with Gasteiger partial charge >= 0.3 is 0 Å². The Kier molecular flexibility index (Phi) is 6.87. The van der Waals surface area contributed by atoms with Crippen LogP contribution in [0.2, 0.25) is 5.02 Å². The molecule has 0 saturated heterocycles. The van der Waals surface area contributed by atoms with Crippen molar-refractivity contribution in [2.24, 2.45) is 0 Å². The Morgan fingerprint density at radius 2 is 1.88 bits per heavy atom. The molecule has 0 spiro atoms. The van der Waals surface area contributed by atoms with Crippen molar-refractivity contribution in [1.82, 2.24) is 19.9 Å². The third kappa shape index (κ3) is 5.18. The van der Waals surface area contributed by atoms with Gasteiger partial charge < -0.3 is 5.32 Å². The molecule has 0 aliphatic heterocycles. The zero-order valence-electron chi connectivity index (χ0n) is 17.4. The van der Waals surface area contributed by atoms with Crippen LogP contribution >= 0.6 is 23.4 Å². The van der Waals surface area contributed by atoms with E-state index in [0.717, 1.165) is 11.1 Å². The van der Waals surface area contributed by atoms with Crippen molar-refractivity contribution in [3.05, 3.63) is 99.6 Å². The SMILES string of the molecule is CC(Sc1nc2ccccc2c(=O)n1Cc1cccnc1)C(=O)NCc1ccc(Cl)cc1. The first-order valence-corrected chi connectivity index (χ1v) is 11.3. The molecule has 1 atom stereocenters. The number of nitrogens with zero attached hydrogens (tertiary/aromatic N) is 3. The van der Waals surface area contributed by atoms with Crippen molar-refractivity contribution in [3.8, 4) is 0 Å². The van der Waals surface area contributed by atoms with E-state index in [-0.39, 0.29) is 11.5 Å². The highest BCUT2D eigenvalue weighted by Crippen LogP contribution is 2.23. The maximum atomic E-state index is 13.2. The summed E-state index contributed by atoms with van der Waals surface area (Å²) < 4.78 is 1.60. The average Bonchev–Trinajstić information content (AvgIpc) is 2.81. The van der Waals surface area contributed by atoms with Crippen LogP contribution in [0.3, 0.4) is 0 Å². The molecule has 1 N–H and O–H groups in total. The largest absolute Gasteiger partial charge is 0.351 e. The van der Waals surface area contributed by atoms with E-state index in [0.29, 0.717) is 34.2 Å². The number of pyridine rings is 1. The molecular weight excluding hydrogens is 444 g/mol. The molecule has 0 fully saturated rings. The fraction of sp³-hybridized carbons (Fsp3) is 0.167. The zero-order chi connectivity index (χ0) is 22.5. The summed E-state index contributed by atoms with van der Waals surface area (Å²) in [5, 5.41) is 4.17. The van der Waals surface area contributed by atoms with Crippen molar-refractivity contribution in [2.75, 3.05) is 0 Å². The van der Waals surface area contributed by atoms with Gasteiger partial charge in [0.05, 0.1) is 22.7 Å². The van der Waals surface area contributed by atoms with Crippen LogP contribution in [0.15, 0.2) is 83.0 Å². The summed E-state index contributed by atoms with van der Waals surface area (Å²) in [6.45, 7) is 2.53. The van der Waals surface area contributed by atoms with E-state index in [1.165, 1.54) is 11.8 Å². The molecule has 4 aromatic rings. The van der Waals surface area contributed by atoms with E-state index < -0.39 is 5.25 Å². The van der Waals surface area contributed by atoms with Crippen LogP contribution in [0, 0.1) is 0 Å². The molecule has 6 nitrogen and oxygen atoms in total. The maximum absolute atomic E-state index is 13.2. The van der Waals surface area contributed by atoms with Crippen molar-refractivity contribution in [2.45, 2.75) is 30.4 Å². The molecule has 8 heteroatoms. The first-order chi connectivity index (χ1) is 15.5. The standard InChI is InChI=1S/C24H21ClN4O2S/c1-16(22(30)27-14-17-8-10-19(25)11-9-17)32-24-28-21-7-3-2-6-20(21)23(31)29(24)15-18-5-4-12-26-13-18/h2-13,16H,14-15H2,1H3,(H,27,30). The van der Waals surface area contributed by atoms with Crippen LogP contribution in [-0.4, -0.2) is 25.7 Å². The summed E-state index contributed by atoms with van der Waals surface area (Å²) in [7, 11) is 0. The van der Waals surface area contributed by atoms with Crippen LogP contribution in [0.5, 0.6) is 0 Å². The molecule has 162 valence electrons. The van der Waals surface area contributed by atoms with Gasteiger partial charge in [0.15, 0.2) is 5.16 Å². The van der Waals surface area contributed by atoms with Crippen molar-refractivity contribution in [3.63, 3.8) is 0 Å². The van der Waals surface area contributed by atoms with Crippen LogP contribution in [0.25, 0.3) is 10.9 Å². The lowest BCUT2D eigenvalue weighted by molar-refractivity contribution is -0.120. The zero-order valence-corrected chi connectivity index (χ0v) is 18.9. The number of hydrogen-bond acceptors (Lipinski definition) is 5. The number of halogens is 1. The summed E-state index contributed by atoms with van der Waals surface area (Å²) in [6.07, 6.45) is 3.41. The Labute approximate surface area is 194 Å². The van der Waals surface area contributed by atoms with E-state index in [2.05, 4.69) is 10.3 Å². The number of thioether (sulfide) groups is 1. The molecule has 2 aromatic heterocycles. The smallest absolute Gasteiger partial charge is 0.262 e. The third-order valence-corrected chi connectivity index (χ3v) is 6.26. The minimum absolute atomic E-state index is 0.139. The van der Waals surface area contributed by atoms with Crippen molar-refractivity contribution in [1.29, 1.82) is 0 Å². The van der Waals surface area contributed by atoms with Gasteiger partial charge in [-0.15, -0.1) is 0 Å². The Morgan fingerprint density at radius 3 is 2.62 bits per heavy atom. The van der Waals surface area contributed by atoms with E-state index in [1.807, 2.05) is 36.4 Å². The van der Waals surface area contributed by atoms with E-state index in [9.17, 15) is 9.59 Å². The van der Waals surface area contributed by atoms with E-state index in [4.69, 9.17) is 16.6 Å². The van der Waals surface area contributed by atoms with Gasteiger partial charge in [-0.1, -0.05) is 53.7 Å². The fourth-order valence-corrected chi connectivity index (χ4v) is 4.26. The quantitative estimate of drug-likeness (QED) is 0.326. The molecule has 1 unspecified atom stereocenters. The second-order valence-electron chi connectivity index (χ2n) is 7.27. The van der Waals surface area contributed by atoms with Gasteiger partial charge in [-0.3, -0.25) is 19.1 Å². The van der Waals surface area contributed by atoms with Gasteiger partial charge in [-0.25, -0.2) is 4.98 Å². The predicted molar refractivity (Wildman–Crippen MR) is 128 cm³/mol. The summed E-state index contributed by atoms with van der Waals surface area (Å²) in [5.41, 5.74) is 2.30. The summed E-state index contributed by atoms with van der Waals surface area (Å²) in [4.78, 5) is 34.8. The molecule has 1 amide bonds. The van der Waals surface area contributed by atoms with E-state index >= 15 is 0 Å². The lowest BCUT2D eigenvalue weighted by Gasteiger charge is -2.16. The average molecular weight is 465 g/mol. The van der Waals surface area contributed by atoms with Crippen molar-refractivity contribution < 1.29 is 4.79 Å². The lowest BCUT2D eigenvalue weighted by Crippen LogP contribution is -2.31. The number of benzene rings is 2. The summed E-state index contributed by atoms with van der Waals surface area (Å²) >= 11 is 7.18. The number of hydrogen-bond donors (Lipinski definition) is 1. The molecule has 0 radical (unpaired) electrons. The molecule has 4 rings (SSSR count). The Bertz CT molecular complexity index is 1290. The molecule has 0 saturated carbocycles. The first-order valence-electron chi connectivity index (χ1n) is 10.1. The van der Waals surface area contributed by atoms with Gasteiger partial charge in [-0.2, -0.15) is 0 Å². The maximum Gasteiger partial charge on any atom is 0.262 e. The molecular formula is C24H21ClN4O2S. The second-order valence-corrected chi connectivity index (χ2v) is 9.01. The first kappa shape index (κ1) is 22.0. The number of nitrogens with one attached hydrogen (secondary N) is 1. The van der Waals surface area contributed by atoms with Gasteiger partial charge in [0.2, 0.25) is 5.91 Å². The highest BCUT2D eigenvalue weighted by molar-refractivity contribution is 8.00.